The number of carboxylic acids is 1. The summed E-state index contributed by atoms with van der Waals surface area (Å²) in [6, 6.07) is 13.4. The predicted octanol–water partition coefficient (Wildman–Crippen LogP) is 3.75. The standard InChI is InChI=1S/C16H15NO4S/c1-21-22(2,20)13-7-8-14(15(9-13)16(18)19)12-5-3-11(10-17)4-6-12/h3-9,20H,1-2H3,(H,18,19). The highest BCUT2D eigenvalue weighted by Gasteiger charge is 2.18. The summed E-state index contributed by atoms with van der Waals surface area (Å²) in [4.78, 5) is 12.0. The van der Waals surface area contributed by atoms with E-state index < -0.39 is 16.6 Å². The summed E-state index contributed by atoms with van der Waals surface area (Å²) in [5, 5.41) is 18.2. The number of carbonyl (C=O) groups is 1. The number of nitriles is 1. The third kappa shape index (κ3) is 3.12. The van der Waals surface area contributed by atoms with Gasteiger partial charge in [0.1, 0.15) is 0 Å². The van der Waals surface area contributed by atoms with E-state index in [1.165, 1.54) is 19.4 Å². The second-order valence-corrected chi connectivity index (χ2v) is 7.08. The van der Waals surface area contributed by atoms with Gasteiger partial charge >= 0.3 is 5.97 Å². The fourth-order valence-electron chi connectivity index (χ4n) is 2.01. The highest BCUT2D eigenvalue weighted by atomic mass is 32.3. The molecule has 5 nitrogen and oxygen atoms in total. The van der Waals surface area contributed by atoms with Gasteiger partial charge in [-0.05, 0) is 35.4 Å². The molecule has 0 amide bonds. The lowest BCUT2D eigenvalue weighted by Gasteiger charge is -2.32. The molecule has 0 spiro atoms. The Morgan fingerprint density at radius 2 is 1.86 bits per heavy atom. The smallest absolute Gasteiger partial charge is 0.336 e. The lowest BCUT2D eigenvalue weighted by atomic mass is 9.99. The second kappa shape index (κ2) is 6.20. The maximum Gasteiger partial charge on any atom is 0.336 e. The Bertz CT molecular complexity index is 748. The van der Waals surface area contributed by atoms with Crippen molar-refractivity contribution in [2.24, 2.45) is 0 Å². The molecule has 0 saturated carbocycles. The van der Waals surface area contributed by atoms with Crippen molar-refractivity contribution in [2.75, 3.05) is 13.4 Å². The van der Waals surface area contributed by atoms with Gasteiger partial charge in [0.05, 0.1) is 29.2 Å². The van der Waals surface area contributed by atoms with Gasteiger partial charge in [-0.1, -0.05) is 18.2 Å². The minimum absolute atomic E-state index is 0.0760. The number of hydrogen-bond donors (Lipinski definition) is 2. The van der Waals surface area contributed by atoms with Crippen molar-refractivity contribution >= 4 is 16.6 Å². The van der Waals surface area contributed by atoms with E-state index in [-0.39, 0.29) is 5.56 Å². The van der Waals surface area contributed by atoms with Crippen molar-refractivity contribution in [3.63, 3.8) is 0 Å². The highest BCUT2D eigenvalue weighted by molar-refractivity contribution is 8.24. The van der Waals surface area contributed by atoms with Gasteiger partial charge in [0, 0.05) is 6.26 Å². The van der Waals surface area contributed by atoms with Gasteiger partial charge in [-0.25, -0.2) is 4.79 Å². The van der Waals surface area contributed by atoms with Crippen molar-refractivity contribution in [1.29, 1.82) is 5.26 Å². The Balaban J connectivity index is 2.56. The van der Waals surface area contributed by atoms with E-state index in [9.17, 15) is 14.5 Å². The molecular weight excluding hydrogens is 302 g/mol. The van der Waals surface area contributed by atoms with E-state index in [0.29, 0.717) is 21.6 Å². The van der Waals surface area contributed by atoms with Crippen LogP contribution in [0.5, 0.6) is 0 Å². The molecule has 0 bridgehead atoms. The largest absolute Gasteiger partial charge is 0.478 e. The average Bonchev–Trinajstić information content (AvgIpc) is 2.54. The molecule has 1 unspecified atom stereocenters. The molecule has 0 aliphatic heterocycles. The maximum absolute atomic E-state index is 11.5. The molecule has 22 heavy (non-hydrogen) atoms. The molecule has 2 aromatic rings. The minimum atomic E-state index is -2.47. The van der Waals surface area contributed by atoms with Crippen LogP contribution >= 0.6 is 10.6 Å². The van der Waals surface area contributed by atoms with Crippen LogP contribution in [0.1, 0.15) is 15.9 Å². The summed E-state index contributed by atoms with van der Waals surface area (Å²) < 4.78 is 15.2. The molecule has 2 rings (SSSR count). The first-order valence-electron chi connectivity index (χ1n) is 6.33. The van der Waals surface area contributed by atoms with Crippen molar-refractivity contribution in [3.8, 4) is 17.2 Å². The summed E-state index contributed by atoms with van der Waals surface area (Å²) in [5.74, 6) is -1.09. The molecule has 2 aromatic carbocycles. The SMILES string of the molecule is COS(C)(O)c1ccc(-c2ccc(C#N)cc2)c(C(=O)O)c1. The molecule has 0 aliphatic carbocycles. The Hall–Kier alpha value is -2.33. The zero-order valence-corrected chi connectivity index (χ0v) is 12.9. The summed E-state index contributed by atoms with van der Waals surface area (Å²) in [6.07, 6.45) is 1.52. The van der Waals surface area contributed by atoms with Crippen LogP contribution in [-0.2, 0) is 4.18 Å². The van der Waals surface area contributed by atoms with Crippen molar-refractivity contribution in [3.05, 3.63) is 53.6 Å². The molecule has 1 atom stereocenters. The van der Waals surface area contributed by atoms with Crippen molar-refractivity contribution in [1.82, 2.24) is 0 Å². The Morgan fingerprint density at radius 3 is 2.36 bits per heavy atom. The van der Waals surface area contributed by atoms with Crippen LogP contribution < -0.4 is 0 Å². The van der Waals surface area contributed by atoms with Gasteiger partial charge in [-0.2, -0.15) is 15.9 Å². The second-order valence-electron chi connectivity index (χ2n) is 4.67. The van der Waals surface area contributed by atoms with Gasteiger partial charge in [-0.3, -0.25) is 8.74 Å². The first-order chi connectivity index (χ1) is 10.4. The van der Waals surface area contributed by atoms with Crippen LogP contribution in [0.25, 0.3) is 11.1 Å². The predicted molar refractivity (Wildman–Crippen MR) is 85.0 cm³/mol. The Kier molecular flexibility index (Phi) is 4.52. The topological polar surface area (TPSA) is 90.5 Å². The average molecular weight is 317 g/mol. The molecule has 6 heteroatoms. The summed E-state index contributed by atoms with van der Waals surface area (Å²) in [5.41, 5.74) is 1.79. The normalized spacial score (nSPS) is 14.6. The van der Waals surface area contributed by atoms with E-state index in [4.69, 9.17) is 9.44 Å². The molecule has 0 heterocycles. The summed E-state index contributed by atoms with van der Waals surface area (Å²) in [6.45, 7) is 0. The first-order valence-corrected chi connectivity index (χ1v) is 8.25. The number of carboxylic acid groups (broad SMARTS) is 1. The van der Waals surface area contributed by atoms with Crippen LogP contribution in [0.3, 0.4) is 0 Å². The third-order valence-corrected chi connectivity index (χ3v) is 5.09. The minimum Gasteiger partial charge on any atom is -0.478 e. The highest BCUT2D eigenvalue weighted by Crippen LogP contribution is 2.49. The van der Waals surface area contributed by atoms with Gasteiger partial charge in [0.25, 0.3) is 0 Å². The zero-order chi connectivity index (χ0) is 16.3. The van der Waals surface area contributed by atoms with Crippen LogP contribution in [-0.4, -0.2) is 29.0 Å². The quantitative estimate of drug-likeness (QED) is 0.896. The lowest BCUT2D eigenvalue weighted by Crippen LogP contribution is -2.04. The van der Waals surface area contributed by atoms with Crippen LogP contribution in [0.4, 0.5) is 0 Å². The molecule has 0 aliphatic rings. The fourth-order valence-corrected chi connectivity index (χ4v) is 2.86. The molecule has 2 N–H and O–H groups in total. The number of nitrogens with zero attached hydrogens (tertiary/aromatic N) is 1. The number of aromatic carboxylic acids is 1. The monoisotopic (exact) mass is 317 g/mol. The first kappa shape index (κ1) is 16.0. The molecule has 0 aromatic heterocycles. The molecule has 0 fully saturated rings. The van der Waals surface area contributed by atoms with E-state index >= 15 is 0 Å². The number of rotatable bonds is 4. The lowest BCUT2D eigenvalue weighted by molar-refractivity contribution is 0.0697. The molecular formula is C16H15NO4S. The van der Waals surface area contributed by atoms with E-state index in [0.717, 1.165) is 0 Å². The van der Waals surface area contributed by atoms with Gasteiger partial charge in [0.2, 0.25) is 0 Å². The van der Waals surface area contributed by atoms with E-state index in [1.807, 2.05) is 6.07 Å². The third-order valence-electron chi connectivity index (χ3n) is 3.31. The van der Waals surface area contributed by atoms with Crippen LogP contribution in [0.2, 0.25) is 0 Å². The number of hydrogen-bond acceptors (Lipinski definition) is 4. The Morgan fingerprint density at radius 1 is 1.23 bits per heavy atom. The van der Waals surface area contributed by atoms with E-state index in [1.54, 1.807) is 36.4 Å². The van der Waals surface area contributed by atoms with Gasteiger partial charge < -0.3 is 5.11 Å². The number of benzene rings is 2. The Labute approximate surface area is 130 Å². The fraction of sp³-hybridized carbons (Fsp3) is 0.125. The summed E-state index contributed by atoms with van der Waals surface area (Å²) in [7, 11) is -1.09. The van der Waals surface area contributed by atoms with Crippen LogP contribution in [0, 0.1) is 11.3 Å². The van der Waals surface area contributed by atoms with Crippen molar-refractivity contribution < 1.29 is 18.6 Å². The maximum atomic E-state index is 11.5. The van der Waals surface area contributed by atoms with Crippen LogP contribution in [0.15, 0.2) is 47.4 Å². The molecule has 0 radical (unpaired) electrons. The van der Waals surface area contributed by atoms with E-state index in [2.05, 4.69) is 0 Å². The van der Waals surface area contributed by atoms with Gasteiger partial charge in [-0.15, -0.1) is 0 Å². The van der Waals surface area contributed by atoms with Gasteiger partial charge in [0.15, 0.2) is 0 Å². The molecule has 0 saturated heterocycles. The van der Waals surface area contributed by atoms with Crippen molar-refractivity contribution in [2.45, 2.75) is 4.90 Å². The zero-order valence-electron chi connectivity index (χ0n) is 12.1. The molecule has 114 valence electrons. The summed E-state index contributed by atoms with van der Waals surface area (Å²) >= 11 is 0.